The number of nitrogens with one attached hydrogen (secondary N) is 2. The Bertz CT molecular complexity index is 1400. The summed E-state index contributed by atoms with van der Waals surface area (Å²) < 4.78 is 2.63. The molecule has 37 heavy (non-hydrogen) atoms. The van der Waals surface area contributed by atoms with E-state index in [0.717, 1.165) is 32.5 Å². The van der Waals surface area contributed by atoms with Crippen LogP contribution in [0.3, 0.4) is 0 Å². The van der Waals surface area contributed by atoms with Gasteiger partial charge in [0.15, 0.2) is 0 Å². The highest BCUT2D eigenvalue weighted by Crippen LogP contribution is 2.34. The maximum absolute atomic E-state index is 13.4. The molecule has 0 atom stereocenters. The van der Waals surface area contributed by atoms with Crippen molar-refractivity contribution in [3.05, 3.63) is 94.6 Å². The van der Waals surface area contributed by atoms with Crippen LogP contribution >= 0.6 is 15.9 Å². The molecule has 190 valence electrons. The lowest BCUT2D eigenvalue weighted by molar-refractivity contribution is -0.116. The fourth-order valence-electron chi connectivity index (χ4n) is 4.20. The Kier molecular flexibility index (Phi) is 8.40. The third-order valence-electron chi connectivity index (χ3n) is 5.92. The average Bonchev–Trinajstić information content (AvgIpc) is 3.19. The average molecular weight is 560 g/mol. The fraction of sp³-hybridized carbons (Fsp3) is 0.207. The van der Waals surface area contributed by atoms with Gasteiger partial charge in [-0.1, -0.05) is 77.5 Å². The van der Waals surface area contributed by atoms with Gasteiger partial charge in [-0.15, -0.1) is 0 Å². The lowest BCUT2D eigenvalue weighted by atomic mass is 10.1. The third kappa shape index (κ3) is 6.27. The van der Waals surface area contributed by atoms with Crippen LogP contribution in [0, 0.1) is 13.8 Å². The Morgan fingerprint density at radius 3 is 2.38 bits per heavy atom. The van der Waals surface area contributed by atoms with Crippen molar-refractivity contribution in [1.29, 1.82) is 0 Å². The molecule has 1 heterocycles. The van der Waals surface area contributed by atoms with E-state index in [4.69, 9.17) is 5.10 Å². The molecular weight excluding hydrogens is 530 g/mol. The predicted molar refractivity (Wildman–Crippen MR) is 152 cm³/mol. The van der Waals surface area contributed by atoms with Gasteiger partial charge in [0.2, 0.25) is 5.91 Å². The van der Waals surface area contributed by atoms with Crippen molar-refractivity contribution in [3.63, 3.8) is 0 Å². The lowest BCUT2D eigenvalue weighted by Crippen LogP contribution is -2.41. The van der Waals surface area contributed by atoms with Crippen LogP contribution in [0.25, 0.3) is 16.8 Å². The molecule has 4 rings (SSSR count). The van der Waals surface area contributed by atoms with E-state index in [-0.39, 0.29) is 18.5 Å². The summed E-state index contributed by atoms with van der Waals surface area (Å²) in [5.41, 5.74) is 5.15. The van der Waals surface area contributed by atoms with Crippen molar-refractivity contribution in [2.45, 2.75) is 27.2 Å². The molecule has 0 aliphatic carbocycles. The SMILES string of the molecule is CCCN(CC(=O)Nc1c(-c2ccccc2)c(C)nn1-c1ccccc1C)C(=O)Nc1cccc(Br)c1. The summed E-state index contributed by atoms with van der Waals surface area (Å²) in [5, 5.41) is 10.7. The molecule has 7 nitrogen and oxygen atoms in total. The van der Waals surface area contributed by atoms with Crippen LogP contribution in [0.5, 0.6) is 0 Å². The molecule has 0 radical (unpaired) electrons. The third-order valence-corrected chi connectivity index (χ3v) is 6.41. The summed E-state index contributed by atoms with van der Waals surface area (Å²) in [6, 6.07) is 24.8. The second-order valence-electron chi connectivity index (χ2n) is 8.78. The van der Waals surface area contributed by atoms with Gasteiger partial charge in [-0.05, 0) is 55.7 Å². The van der Waals surface area contributed by atoms with E-state index in [1.165, 1.54) is 4.90 Å². The Balaban J connectivity index is 1.63. The van der Waals surface area contributed by atoms with Gasteiger partial charge in [-0.25, -0.2) is 9.48 Å². The zero-order chi connectivity index (χ0) is 26.4. The van der Waals surface area contributed by atoms with Crippen molar-refractivity contribution in [2.75, 3.05) is 23.7 Å². The number of amides is 3. The zero-order valence-electron chi connectivity index (χ0n) is 21.2. The number of anilines is 2. The van der Waals surface area contributed by atoms with E-state index < -0.39 is 0 Å². The van der Waals surface area contributed by atoms with Crippen molar-refractivity contribution >= 4 is 39.4 Å². The fourth-order valence-corrected chi connectivity index (χ4v) is 4.60. The first kappa shape index (κ1) is 26.2. The number of carbonyl (C=O) groups excluding carboxylic acids is 2. The summed E-state index contributed by atoms with van der Waals surface area (Å²) in [4.78, 5) is 27.9. The number of nitrogens with zero attached hydrogens (tertiary/aromatic N) is 3. The molecular formula is C29H30BrN5O2. The van der Waals surface area contributed by atoms with Crippen molar-refractivity contribution in [3.8, 4) is 16.8 Å². The van der Waals surface area contributed by atoms with Crippen LogP contribution in [-0.2, 0) is 4.79 Å². The summed E-state index contributed by atoms with van der Waals surface area (Å²) in [6.07, 6.45) is 0.717. The van der Waals surface area contributed by atoms with Crippen LogP contribution in [0.1, 0.15) is 24.6 Å². The van der Waals surface area contributed by atoms with E-state index in [9.17, 15) is 9.59 Å². The standard InChI is InChI=1S/C29H30BrN5O2/c1-4-17-34(29(37)31-24-15-10-14-23(30)18-24)19-26(36)32-28-27(22-12-6-5-7-13-22)21(3)33-35(28)25-16-9-8-11-20(25)2/h5-16,18H,4,17,19H2,1-3H3,(H,31,37)(H,32,36). The van der Waals surface area contributed by atoms with E-state index >= 15 is 0 Å². The number of carbonyl (C=O) groups is 2. The predicted octanol–water partition coefficient (Wildman–Crippen LogP) is 6.80. The summed E-state index contributed by atoms with van der Waals surface area (Å²) in [6.45, 7) is 6.26. The number of hydrogen-bond donors (Lipinski definition) is 2. The lowest BCUT2D eigenvalue weighted by Gasteiger charge is -2.22. The molecule has 4 aromatic rings. The Morgan fingerprint density at radius 1 is 0.946 bits per heavy atom. The van der Waals surface area contributed by atoms with E-state index in [0.29, 0.717) is 24.5 Å². The molecule has 8 heteroatoms. The highest BCUT2D eigenvalue weighted by Gasteiger charge is 2.23. The van der Waals surface area contributed by atoms with Gasteiger partial charge >= 0.3 is 6.03 Å². The number of aromatic nitrogens is 2. The molecule has 0 bridgehead atoms. The molecule has 0 unspecified atom stereocenters. The molecule has 0 fully saturated rings. The van der Waals surface area contributed by atoms with Crippen molar-refractivity contribution in [1.82, 2.24) is 14.7 Å². The summed E-state index contributed by atoms with van der Waals surface area (Å²) in [7, 11) is 0. The number of rotatable bonds is 8. The maximum atomic E-state index is 13.4. The highest BCUT2D eigenvalue weighted by molar-refractivity contribution is 9.10. The van der Waals surface area contributed by atoms with Gasteiger partial charge < -0.3 is 15.5 Å². The molecule has 0 saturated heterocycles. The van der Waals surface area contributed by atoms with Gasteiger partial charge in [-0.3, -0.25) is 4.79 Å². The van der Waals surface area contributed by atoms with Gasteiger partial charge in [0.1, 0.15) is 12.4 Å². The van der Waals surface area contributed by atoms with E-state index in [2.05, 4.69) is 26.6 Å². The van der Waals surface area contributed by atoms with Gasteiger partial charge in [0.25, 0.3) is 0 Å². The largest absolute Gasteiger partial charge is 0.322 e. The Morgan fingerprint density at radius 2 is 1.68 bits per heavy atom. The number of hydrogen-bond acceptors (Lipinski definition) is 3. The minimum absolute atomic E-state index is 0.0973. The quantitative estimate of drug-likeness (QED) is 0.249. The molecule has 3 aromatic carbocycles. The monoisotopic (exact) mass is 559 g/mol. The number of aryl methyl sites for hydroxylation is 2. The smallest absolute Gasteiger partial charge is 0.315 e. The molecule has 0 aliphatic rings. The minimum Gasteiger partial charge on any atom is -0.315 e. The van der Waals surface area contributed by atoms with Gasteiger partial charge in [-0.2, -0.15) is 5.10 Å². The first-order valence-electron chi connectivity index (χ1n) is 12.2. The minimum atomic E-state index is -0.332. The van der Waals surface area contributed by atoms with Crippen molar-refractivity contribution in [2.24, 2.45) is 0 Å². The summed E-state index contributed by atoms with van der Waals surface area (Å²) in [5.74, 6) is 0.275. The Labute approximate surface area is 225 Å². The number of halogens is 1. The van der Waals surface area contributed by atoms with Crippen LogP contribution in [0.4, 0.5) is 16.3 Å². The summed E-state index contributed by atoms with van der Waals surface area (Å²) >= 11 is 3.42. The van der Waals surface area contributed by atoms with E-state index in [1.54, 1.807) is 4.68 Å². The zero-order valence-corrected chi connectivity index (χ0v) is 22.7. The molecule has 3 amide bonds. The van der Waals surface area contributed by atoms with Gasteiger partial charge in [0, 0.05) is 22.3 Å². The van der Waals surface area contributed by atoms with Crippen molar-refractivity contribution < 1.29 is 9.59 Å². The first-order valence-corrected chi connectivity index (χ1v) is 13.0. The van der Waals surface area contributed by atoms with Crippen LogP contribution in [-0.4, -0.2) is 39.7 Å². The van der Waals surface area contributed by atoms with Crippen LogP contribution in [0.2, 0.25) is 0 Å². The molecule has 0 aliphatic heterocycles. The topological polar surface area (TPSA) is 79.3 Å². The Hall–Kier alpha value is -3.91. The normalized spacial score (nSPS) is 10.7. The number of urea groups is 1. The van der Waals surface area contributed by atoms with Crippen LogP contribution < -0.4 is 10.6 Å². The first-order chi connectivity index (χ1) is 17.9. The van der Waals surface area contributed by atoms with Crippen LogP contribution in [0.15, 0.2) is 83.3 Å². The molecule has 0 saturated carbocycles. The highest BCUT2D eigenvalue weighted by atomic mass is 79.9. The second-order valence-corrected chi connectivity index (χ2v) is 9.70. The molecule has 0 spiro atoms. The van der Waals surface area contributed by atoms with E-state index in [1.807, 2.05) is 99.6 Å². The van der Waals surface area contributed by atoms with Gasteiger partial charge in [0.05, 0.1) is 11.4 Å². The molecule has 1 aromatic heterocycles. The number of benzene rings is 3. The maximum Gasteiger partial charge on any atom is 0.322 e. The second kappa shape index (κ2) is 11.9. The molecule has 2 N–H and O–H groups in total. The number of para-hydroxylation sites is 1.